The first-order valence-electron chi connectivity index (χ1n) is 11.2. The van der Waals surface area contributed by atoms with Crippen molar-refractivity contribution in [2.75, 3.05) is 0 Å². The van der Waals surface area contributed by atoms with Crippen molar-refractivity contribution in [2.45, 2.75) is 103 Å². The summed E-state index contributed by atoms with van der Waals surface area (Å²) in [6.07, 6.45) is 17.1. The van der Waals surface area contributed by atoms with Crippen LogP contribution in [0, 0.1) is 29.6 Å². The average Bonchev–Trinajstić information content (AvgIpc) is 2.64. The number of carbonyl (C=O) groups excluding carboxylic acids is 2. The van der Waals surface area contributed by atoms with Crippen molar-refractivity contribution >= 4 is 11.6 Å². The van der Waals surface area contributed by atoms with Crippen LogP contribution in [0.3, 0.4) is 0 Å². The maximum absolute atomic E-state index is 12.8. The molecular weight excluding hydrogens is 308 g/mol. The van der Waals surface area contributed by atoms with Crippen LogP contribution < -0.4 is 0 Å². The zero-order chi connectivity index (χ0) is 17.6. The van der Waals surface area contributed by atoms with Gasteiger partial charge in [-0.1, -0.05) is 51.9 Å². The highest BCUT2D eigenvalue weighted by atomic mass is 16.1. The Kier molecular flexibility index (Phi) is 7.13. The van der Waals surface area contributed by atoms with Gasteiger partial charge < -0.3 is 0 Å². The topological polar surface area (TPSA) is 34.1 Å². The molecule has 0 aromatic heterocycles. The van der Waals surface area contributed by atoms with Crippen LogP contribution in [0.15, 0.2) is 0 Å². The van der Waals surface area contributed by atoms with Gasteiger partial charge in [-0.3, -0.25) is 9.59 Å². The molecule has 0 aromatic carbocycles. The lowest BCUT2D eigenvalue weighted by atomic mass is 9.64. The van der Waals surface area contributed by atoms with Crippen LogP contribution in [0.25, 0.3) is 0 Å². The van der Waals surface area contributed by atoms with Gasteiger partial charge in [-0.2, -0.15) is 0 Å². The van der Waals surface area contributed by atoms with Gasteiger partial charge in [0.05, 0.1) is 0 Å². The highest BCUT2D eigenvalue weighted by Gasteiger charge is 2.37. The third-order valence-corrected chi connectivity index (χ3v) is 7.48. The van der Waals surface area contributed by atoms with E-state index >= 15 is 0 Å². The van der Waals surface area contributed by atoms with E-state index in [1.54, 1.807) is 0 Å². The van der Waals surface area contributed by atoms with Crippen molar-refractivity contribution in [1.82, 2.24) is 0 Å². The summed E-state index contributed by atoms with van der Waals surface area (Å²) in [7, 11) is 0. The third kappa shape index (κ3) is 5.17. The second kappa shape index (κ2) is 9.33. The van der Waals surface area contributed by atoms with Gasteiger partial charge in [-0.05, 0) is 56.3 Å². The van der Waals surface area contributed by atoms with E-state index in [2.05, 4.69) is 6.92 Å². The van der Waals surface area contributed by atoms with Gasteiger partial charge >= 0.3 is 0 Å². The molecule has 3 rings (SSSR count). The summed E-state index contributed by atoms with van der Waals surface area (Å²) in [5, 5.41) is 0. The van der Waals surface area contributed by atoms with Crippen LogP contribution in [0.1, 0.15) is 103 Å². The molecule has 0 spiro atoms. The minimum Gasteiger partial charge on any atom is -0.299 e. The number of rotatable bonds is 7. The highest BCUT2D eigenvalue weighted by molar-refractivity contribution is 5.82. The molecule has 3 aliphatic carbocycles. The lowest BCUT2D eigenvalue weighted by Crippen LogP contribution is -2.35. The van der Waals surface area contributed by atoms with Gasteiger partial charge in [0.2, 0.25) is 0 Å². The maximum atomic E-state index is 12.8. The molecule has 0 bridgehead atoms. The summed E-state index contributed by atoms with van der Waals surface area (Å²) in [4.78, 5) is 25.2. The molecule has 0 saturated heterocycles. The van der Waals surface area contributed by atoms with E-state index in [1.165, 1.54) is 51.4 Å². The summed E-state index contributed by atoms with van der Waals surface area (Å²) in [6.45, 7) is 2.28. The van der Waals surface area contributed by atoms with Crippen LogP contribution in [0.2, 0.25) is 0 Å². The van der Waals surface area contributed by atoms with Crippen LogP contribution in [-0.2, 0) is 9.59 Å². The lowest BCUT2D eigenvalue weighted by Gasteiger charge is -2.40. The first-order chi connectivity index (χ1) is 12.1. The molecule has 3 saturated carbocycles. The Labute approximate surface area is 154 Å². The van der Waals surface area contributed by atoms with Crippen LogP contribution in [0.5, 0.6) is 0 Å². The van der Waals surface area contributed by atoms with Crippen molar-refractivity contribution in [3.8, 4) is 0 Å². The highest BCUT2D eigenvalue weighted by Crippen LogP contribution is 2.44. The van der Waals surface area contributed by atoms with E-state index in [0.29, 0.717) is 35.7 Å². The Morgan fingerprint density at radius 2 is 1.44 bits per heavy atom. The monoisotopic (exact) mass is 346 g/mol. The first kappa shape index (κ1) is 19.1. The Hall–Kier alpha value is -0.660. The van der Waals surface area contributed by atoms with E-state index < -0.39 is 0 Å². The number of fused-ring (bicyclic) bond motifs is 1. The van der Waals surface area contributed by atoms with Crippen LogP contribution >= 0.6 is 0 Å². The molecule has 5 atom stereocenters. The van der Waals surface area contributed by atoms with Crippen molar-refractivity contribution in [3.05, 3.63) is 0 Å². The molecule has 2 nitrogen and oxygen atoms in total. The molecule has 2 heteroatoms. The molecule has 0 aliphatic heterocycles. The molecule has 5 unspecified atom stereocenters. The second-order valence-electron chi connectivity index (χ2n) is 9.35. The molecular formula is C23H38O2. The predicted molar refractivity (Wildman–Crippen MR) is 102 cm³/mol. The fourth-order valence-electron chi connectivity index (χ4n) is 6.05. The van der Waals surface area contributed by atoms with Gasteiger partial charge in [0.15, 0.2) is 0 Å². The van der Waals surface area contributed by atoms with Crippen molar-refractivity contribution in [2.24, 2.45) is 29.6 Å². The van der Waals surface area contributed by atoms with E-state index in [-0.39, 0.29) is 0 Å². The molecule has 0 heterocycles. The second-order valence-corrected chi connectivity index (χ2v) is 9.35. The van der Waals surface area contributed by atoms with Crippen molar-refractivity contribution < 1.29 is 9.59 Å². The predicted octanol–water partition coefficient (Wildman–Crippen LogP) is 6.12. The fraction of sp³-hybridized carbons (Fsp3) is 0.913. The summed E-state index contributed by atoms with van der Waals surface area (Å²) in [5.41, 5.74) is 0. The van der Waals surface area contributed by atoms with Crippen molar-refractivity contribution in [1.29, 1.82) is 0 Å². The van der Waals surface area contributed by atoms with Crippen molar-refractivity contribution in [3.63, 3.8) is 0 Å². The standard InChI is InChI=1S/C23H38O2/c1-17-8-6-11-19(16-17)22(24)14-4-5-15-23(25)21-13-7-10-18-9-2-3-12-20(18)21/h17-21H,2-16H2,1H3. The number of unbranched alkanes of at least 4 members (excludes halogenated alkanes) is 1. The number of hydrogen-bond donors (Lipinski definition) is 0. The zero-order valence-electron chi connectivity index (χ0n) is 16.3. The Morgan fingerprint density at radius 1 is 0.760 bits per heavy atom. The molecule has 0 aromatic rings. The molecule has 142 valence electrons. The summed E-state index contributed by atoms with van der Waals surface area (Å²) in [6, 6.07) is 0. The quantitative estimate of drug-likeness (QED) is 0.521. The minimum atomic E-state index is 0.320. The van der Waals surface area contributed by atoms with Gasteiger partial charge in [-0.15, -0.1) is 0 Å². The average molecular weight is 347 g/mol. The fourth-order valence-corrected chi connectivity index (χ4v) is 6.05. The van der Waals surface area contributed by atoms with E-state index in [1.807, 2.05) is 0 Å². The smallest absolute Gasteiger partial charge is 0.136 e. The van der Waals surface area contributed by atoms with Gasteiger partial charge in [0, 0.05) is 24.7 Å². The summed E-state index contributed by atoms with van der Waals surface area (Å²) in [5.74, 6) is 3.93. The largest absolute Gasteiger partial charge is 0.299 e. The molecule has 3 fully saturated rings. The number of carbonyl (C=O) groups is 2. The van der Waals surface area contributed by atoms with Gasteiger partial charge in [-0.25, -0.2) is 0 Å². The maximum Gasteiger partial charge on any atom is 0.136 e. The minimum absolute atomic E-state index is 0.320. The molecule has 3 aliphatic rings. The van der Waals surface area contributed by atoms with Crippen LogP contribution in [0.4, 0.5) is 0 Å². The SMILES string of the molecule is CC1CCCC(C(=O)CCCCC(=O)C2CCCC3CCCCC32)C1. The molecule has 0 amide bonds. The number of ketones is 2. The molecule has 0 N–H and O–H groups in total. The number of hydrogen-bond acceptors (Lipinski definition) is 2. The van der Waals surface area contributed by atoms with Crippen LogP contribution in [-0.4, -0.2) is 11.6 Å². The van der Waals surface area contributed by atoms with E-state index in [9.17, 15) is 9.59 Å². The summed E-state index contributed by atoms with van der Waals surface area (Å²) < 4.78 is 0. The van der Waals surface area contributed by atoms with Gasteiger partial charge in [0.25, 0.3) is 0 Å². The normalized spacial score (nSPS) is 35.8. The summed E-state index contributed by atoms with van der Waals surface area (Å²) >= 11 is 0. The lowest BCUT2D eigenvalue weighted by molar-refractivity contribution is -0.128. The van der Waals surface area contributed by atoms with E-state index in [4.69, 9.17) is 0 Å². The van der Waals surface area contributed by atoms with Gasteiger partial charge in [0.1, 0.15) is 11.6 Å². The molecule has 25 heavy (non-hydrogen) atoms. The molecule has 0 radical (unpaired) electrons. The Morgan fingerprint density at radius 3 is 2.24 bits per heavy atom. The first-order valence-corrected chi connectivity index (χ1v) is 11.2. The number of Topliss-reactive ketones (excluding diaryl/α,β-unsaturated/α-hetero) is 2. The van der Waals surface area contributed by atoms with E-state index in [0.717, 1.165) is 50.4 Å². The Bertz CT molecular complexity index is 453. The third-order valence-electron chi connectivity index (χ3n) is 7.48. The Balaban J connectivity index is 1.36. The zero-order valence-corrected chi connectivity index (χ0v) is 16.3.